The Morgan fingerprint density at radius 1 is 1.33 bits per heavy atom. The second-order valence-corrected chi connectivity index (χ2v) is 6.95. The van der Waals surface area contributed by atoms with Gasteiger partial charge in [-0.2, -0.15) is 5.10 Å². The summed E-state index contributed by atoms with van der Waals surface area (Å²) in [6.45, 7) is 6.89. The van der Waals surface area contributed by atoms with E-state index in [1.807, 2.05) is 22.7 Å². The Balaban J connectivity index is 1.68. The number of carbonyl (C=O) groups is 1. The van der Waals surface area contributed by atoms with Gasteiger partial charge in [0.2, 0.25) is 0 Å². The summed E-state index contributed by atoms with van der Waals surface area (Å²) >= 11 is 0. The molecule has 1 amide bonds. The zero-order chi connectivity index (χ0) is 17.1. The maximum Gasteiger partial charge on any atom is 0.255 e. The second-order valence-electron chi connectivity index (χ2n) is 6.95. The standard InChI is InChI=1S/C18H27N5O/c1-13(2)23-17-15(12-21-23)10-16(11-20-17)18(24)22-8-5-14(6-9-22)4-7-19-3/h10-14,19H,4-9H2,1-3H3. The molecule has 1 aliphatic heterocycles. The van der Waals surface area contributed by atoms with E-state index in [1.54, 1.807) is 12.4 Å². The van der Waals surface area contributed by atoms with E-state index in [0.29, 0.717) is 5.56 Å². The molecule has 0 saturated carbocycles. The summed E-state index contributed by atoms with van der Waals surface area (Å²) in [5.41, 5.74) is 1.51. The summed E-state index contributed by atoms with van der Waals surface area (Å²) in [5, 5.41) is 8.50. The average molecular weight is 329 g/mol. The summed E-state index contributed by atoms with van der Waals surface area (Å²) < 4.78 is 1.89. The predicted octanol–water partition coefficient (Wildman–Crippen LogP) is 2.47. The molecule has 1 N–H and O–H groups in total. The quantitative estimate of drug-likeness (QED) is 0.915. The van der Waals surface area contributed by atoms with Crippen LogP contribution >= 0.6 is 0 Å². The highest BCUT2D eigenvalue weighted by Gasteiger charge is 2.24. The average Bonchev–Trinajstić information content (AvgIpc) is 3.03. The number of nitrogens with one attached hydrogen (secondary N) is 1. The number of carbonyl (C=O) groups excluding carboxylic acids is 1. The Kier molecular flexibility index (Phi) is 5.14. The topological polar surface area (TPSA) is 63.1 Å². The van der Waals surface area contributed by atoms with Crippen LogP contribution < -0.4 is 5.32 Å². The lowest BCUT2D eigenvalue weighted by Gasteiger charge is -2.32. The first-order chi connectivity index (χ1) is 11.6. The number of likely N-dealkylation sites (tertiary alicyclic amines) is 1. The van der Waals surface area contributed by atoms with Gasteiger partial charge in [0.1, 0.15) is 0 Å². The lowest BCUT2D eigenvalue weighted by atomic mass is 9.93. The number of pyridine rings is 1. The van der Waals surface area contributed by atoms with Crippen molar-refractivity contribution in [1.29, 1.82) is 0 Å². The van der Waals surface area contributed by atoms with E-state index >= 15 is 0 Å². The van der Waals surface area contributed by atoms with Gasteiger partial charge in [-0.3, -0.25) is 4.79 Å². The zero-order valence-electron chi connectivity index (χ0n) is 14.8. The van der Waals surface area contributed by atoms with Gasteiger partial charge in [0.25, 0.3) is 5.91 Å². The molecule has 0 aliphatic carbocycles. The molecule has 1 saturated heterocycles. The van der Waals surface area contributed by atoms with Crippen molar-refractivity contribution in [3.63, 3.8) is 0 Å². The summed E-state index contributed by atoms with van der Waals surface area (Å²) in [6.07, 6.45) is 6.87. The monoisotopic (exact) mass is 329 g/mol. The van der Waals surface area contributed by atoms with Crippen molar-refractivity contribution in [2.45, 2.75) is 39.2 Å². The number of rotatable bonds is 5. The third kappa shape index (κ3) is 3.43. The molecule has 1 fully saturated rings. The number of aromatic nitrogens is 3. The Labute approximate surface area is 143 Å². The number of fused-ring (bicyclic) bond motifs is 1. The minimum Gasteiger partial charge on any atom is -0.339 e. The highest BCUT2D eigenvalue weighted by molar-refractivity contribution is 5.96. The van der Waals surface area contributed by atoms with E-state index in [1.165, 1.54) is 6.42 Å². The third-order valence-electron chi connectivity index (χ3n) is 4.87. The molecule has 0 radical (unpaired) electrons. The number of nitrogens with zero attached hydrogens (tertiary/aromatic N) is 4. The van der Waals surface area contributed by atoms with Crippen molar-refractivity contribution in [1.82, 2.24) is 25.0 Å². The fraction of sp³-hybridized carbons (Fsp3) is 0.611. The van der Waals surface area contributed by atoms with Crippen LogP contribution in [0, 0.1) is 5.92 Å². The minimum atomic E-state index is 0.0914. The lowest BCUT2D eigenvalue weighted by Crippen LogP contribution is -2.39. The Morgan fingerprint density at radius 2 is 2.08 bits per heavy atom. The molecule has 2 aromatic rings. The smallest absolute Gasteiger partial charge is 0.255 e. The Morgan fingerprint density at radius 3 is 2.75 bits per heavy atom. The van der Waals surface area contributed by atoms with Gasteiger partial charge >= 0.3 is 0 Å². The molecular formula is C18H27N5O. The number of amides is 1. The maximum atomic E-state index is 12.8. The highest BCUT2D eigenvalue weighted by atomic mass is 16.2. The largest absolute Gasteiger partial charge is 0.339 e. The zero-order valence-corrected chi connectivity index (χ0v) is 14.8. The number of piperidine rings is 1. The molecule has 1 aliphatic rings. The predicted molar refractivity (Wildman–Crippen MR) is 95.1 cm³/mol. The van der Waals surface area contributed by atoms with Crippen molar-refractivity contribution in [2.24, 2.45) is 5.92 Å². The molecule has 130 valence electrons. The van der Waals surface area contributed by atoms with Crippen molar-refractivity contribution in [3.8, 4) is 0 Å². The summed E-state index contributed by atoms with van der Waals surface area (Å²) in [5.74, 6) is 0.820. The molecule has 3 rings (SSSR count). The van der Waals surface area contributed by atoms with Crippen molar-refractivity contribution in [2.75, 3.05) is 26.7 Å². The molecule has 0 unspecified atom stereocenters. The van der Waals surface area contributed by atoms with Crippen LogP contribution in [-0.4, -0.2) is 52.3 Å². The first-order valence-electron chi connectivity index (χ1n) is 8.87. The SMILES string of the molecule is CNCCC1CCN(C(=O)c2cnc3c(cnn3C(C)C)c2)CC1. The highest BCUT2D eigenvalue weighted by Crippen LogP contribution is 2.23. The molecule has 6 heteroatoms. The fourth-order valence-corrected chi connectivity index (χ4v) is 3.39. The third-order valence-corrected chi connectivity index (χ3v) is 4.87. The van der Waals surface area contributed by atoms with Gasteiger partial charge in [-0.15, -0.1) is 0 Å². The van der Waals surface area contributed by atoms with E-state index in [9.17, 15) is 4.79 Å². The Bertz CT molecular complexity index is 700. The molecule has 0 atom stereocenters. The first-order valence-corrected chi connectivity index (χ1v) is 8.87. The van der Waals surface area contributed by atoms with Crippen LogP contribution in [0.1, 0.15) is 49.5 Å². The van der Waals surface area contributed by atoms with Gasteiger partial charge in [0.15, 0.2) is 5.65 Å². The number of hydrogen-bond donors (Lipinski definition) is 1. The molecule has 2 aromatic heterocycles. The van der Waals surface area contributed by atoms with Gasteiger partial charge in [0, 0.05) is 30.7 Å². The molecular weight excluding hydrogens is 302 g/mol. The normalized spacial score (nSPS) is 16.2. The van der Waals surface area contributed by atoms with Gasteiger partial charge in [-0.1, -0.05) is 0 Å². The van der Waals surface area contributed by atoms with E-state index < -0.39 is 0 Å². The van der Waals surface area contributed by atoms with Crippen molar-refractivity contribution < 1.29 is 4.79 Å². The van der Waals surface area contributed by atoms with E-state index in [4.69, 9.17) is 0 Å². The summed E-state index contributed by atoms with van der Waals surface area (Å²) in [7, 11) is 1.99. The summed E-state index contributed by atoms with van der Waals surface area (Å²) in [6, 6.07) is 2.18. The van der Waals surface area contributed by atoms with Gasteiger partial charge in [-0.05, 0) is 58.7 Å². The maximum absolute atomic E-state index is 12.8. The number of hydrogen-bond acceptors (Lipinski definition) is 4. The second kappa shape index (κ2) is 7.30. The first kappa shape index (κ1) is 16.9. The van der Waals surface area contributed by atoms with Gasteiger partial charge < -0.3 is 10.2 Å². The minimum absolute atomic E-state index is 0.0914. The molecule has 24 heavy (non-hydrogen) atoms. The fourth-order valence-electron chi connectivity index (χ4n) is 3.39. The van der Waals surface area contributed by atoms with Crippen LogP contribution in [0.4, 0.5) is 0 Å². The molecule has 0 bridgehead atoms. The van der Waals surface area contributed by atoms with Crippen LogP contribution in [0.2, 0.25) is 0 Å². The molecule has 0 spiro atoms. The van der Waals surface area contributed by atoms with Crippen LogP contribution in [0.15, 0.2) is 18.5 Å². The molecule has 0 aromatic carbocycles. The lowest BCUT2D eigenvalue weighted by molar-refractivity contribution is 0.0687. The van der Waals surface area contributed by atoms with E-state index in [0.717, 1.165) is 49.4 Å². The molecule has 3 heterocycles. The van der Waals surface area contributed by atoms with Gasteiger partial charge in [0.05, 0.1) is 11.8 Å². The van der Waals surface area contributed by atoms with Gasteiger partial charge in [-0.25, -0.2) is 9.67 Å². The van der Waals surface area contributed by atoms with Crippen LogP contribution in [0.5, 0.6) is 0 Å². The Hall–Kier alpha value is -1.95. The van der Waals surface area contributed by atoms with Crippen LogP contribution in [-0.2, 0) is 0 Å². The van der Waals surface area contributed by atoms with E-state index in [-0.39, 0.29) is 11.9 Å². The van der Waals surface area contributed by atoms with E-state index in [2.05, 4.69) is 29.2 Å². The van der Waals surface area contributed by atoms with Crippen LogP contribution in [0.25, 0.3) is 11.0 Å². The summed E-state index contributed by atoms with van der Waals surface area (Å²) in [4.78, 5) is 19.2. The van der Waals surface area contributed by atoms with Crippen LogP contribution in [0.3, 0.4) is 0 Å². The van der Waals surface area contributed by atoms with Crippen molar-refractivity contribution in [3.05, 3.63) is 24.0 Å². The molecule has 6 nitrogen and oxygen atoms in total. The van der Waals surface area contributed by atoms with Crippen molar-refractivity contribution >= 4 is 16.9 Å².